The number of nitrogen functional groups attached to an aromatic ring is 1. The fourth-order valence-electron chi connectivity index (χ4n) is 1.53. The molecule has 1 aromatic carbocycles. The van der Waals surface area contributed by atoms with Crippen molar-refractivity contribution in [3.8, 4) is 0 Å². The van der Waals surface area contributed by atoms with E-state index in [0.717, 1.165) is 12.2 Å². The molecule has 0 radical (unpaired) electrons. The summed E-state index contributed by atoms with van der Waals surface area (Å²) in [7, 11) is 1.96. The van der Waals surface area contributed by atoms with Crippen molar-refractivity contribution in [2.75, 3.05) is 25.1 Å². The van der Waals surface area contributed by atoms with Gasteiger partial charge in [-0.1, -0.05) is 11.6 Å². The van der Waals surface area contributed by atoms with E-state index in [4.69, 9.17) is 27.5 Å². The molecule has 0 aliphatic heterocycles. The van der Waals surface area contributed by atoms with Gasteiger partial charge in [0.15, 0.2) is 0 Å². The number of nitrogens with two attached hydrogens (primary N) is 1. The van der Waals surface area contributed by atoms with Gasteiger partial charge in [-0.05, 0) is 32.0 Å². The molecule has 1 rings (SSSR count). The number of rotatable bonds is 6. The highest BCUT2D eigenvalue weighted by Gasteiger charge is 2.08. The van der Waals surface area contributed by atoms with E-state index in [9.17, 15) is 0 Å². The van der Waals surface area contributed by atoms with Crippen molar-refractivity contribution >= 4 is 23.1 Å². The Morgan fingerprint density at radius 1 is 1.50 bits per heavy atom. The number of nitrogens with one attached hydrogen (secondary N) is 1. The summed E-state index contributed by atoms with van der Waals surface area (Å²) in [5, 5.41) is 7.95. The van der Waals surface area contributed by atoms with E-state index in [0.29, 0.717) is 17.2 Å². The van der Waals surface area contributed by atoms with Gasteiger partial charge in [0.05, 0.1) is 23.4 Å². The smallest absolute Gasteiger partial charge is 0.122 e. The Balaban J connectivity index is 2.68. The van der Waals surface area contributed by atoms with Crippen molar-refractivity contribution in [1.82, 2.24) is 0 Å². The van der Waals surface area contributed by atoms with Crippen LogP contribution in [-0.2, 0) is 4.74 Å². The maximum absolute atomic E-state index is 7.35. The van der Waals surface area contributed by atoms with Gasteiger partial charge in [-0.2, -0.15) is 0 Å². The quantitative estimate of drug-likeness (QED) is 0.616. The summed E-state index contributed by atoms with van der Waals surface area (Å²) >= 11 is 6.18. The van der Waals surface area contributed by atoms with Gasteiger partial charge in [-0.3, -0.25) is 5.41 Å². The summed E-state index contributed by atoms with van der Waals surface area (Å²) in [6, 6.07) is 5.37. The summed E-state index contributed by atoms with van der Waals surface area (Å²) in [5.74, 6) is 0.0224. The summed E-state index contributed by atoms with van der Waals surface area (Å²) < 4.78 is 5.50. The summed E-state index contributed by atoms with van der Waals surface area (Å²) in [5.41, 5.74) is 6.96. The van der Waals surface area contributed by atoms with Gasteiger partial charge in [0, 0.05) is 19.2 Å². The summed E-state index contributed by atoms with van der Waals surface area (Å²) in [6.45, 7) is 5.43. The minimum absolute atomic E-state index is 0.0224. The standard InChI is InChI=1S/C13H20ClN3O/c1-9(2)18-7-6-17(3)12-5-4-10(13(15)16)8-11(12)14/h4-5,8-9H,6-7H2,1-3H3,(H3,15,16). The number of hydrogen-bond acceptors (Lipinski definition) is 3. The van der Waals surface area contributed by atoms with E-state index in [-0.39, 0.29) is 11.9 Å². The van der Waals surface area contributed by atoms with Crippen molar-refractivity contribution in [3.63, 3.8) is 0 Å². The van der Waals surface area contributed by atoms with Crippen LogP contribution in [0.5, 0.6) is 0 Å². The van der Waals surface area contributed by atoms with Gasteiger partial charge in [-0.25, -0.2) is 0 Å². The molecular weight excluding hydrogens is 250 g/mol. The third-order valence-electron chi connectivity index (χ3n) is 2.55. The van der Waals surface area contributed by atoms with Gasteiger partial charge in [-0.15, -0.1) is 0 Å². The van der Waals surface area contributed by atoms with Crippen LogP contribution in [-0.4, -0.2) is 32.1 Å². The molecule has 0 unspecified atom stereocenters. The predicted octanol–water partition coefficient (Wildman–Crippen LogP) is 2.49. The van der Waals surface area contributed by atoms with E-state index in [1.165, 1.54) is 0 Å². The van der Waals surface area contributed by atoms with Gasteiger partial charge in [0.2, 0.25) is 0 Å². The molecule has 18 heavy (non-hydrogen) atoms. The molecule has 0 fully saturated rings. The lowest BCUT2D eigenvalue weighted by Gasteiger charge is -2.21. The van der Waals surface area contributed by atoms with E-state index in [1.54, 1.807) is 12.1 Å². The lowest BCUT2D eigenvalue weighted by molar-refractivity contribution is 0.0846. The van der Waals surface area contributed by atoms with Crippen molar-refractivity contribution in [3.05, 3.63) is 28.8 Å². The largest absolute Gasteiger partial charge is 0.384 e. The minimum atomic E-state index is 0.0224. The zero-order valence-corrected chi connectivity index (χ0v) is 11.8. The monoisotopic (exact) mass is 269 g/mol. The molecule has 0 heterocycles. The fourth-order valence-corrected chi connectivity index (χ4v) is 1.85. The number of hydrogen-bond donors (Lipinski definition) is 2. The van der Waals surface area contributed by atoms with Crippen molar-refractivity contribution in [1.29, 1.82) is 5.41 Å². The molecule has 0 amide bonds. The Morgan fingerprint density at radius 3 is 2.67 bits per heavy atom. The van der Waals surface area contributed by atoms with Crippen LogP contribution >= 0.6 is 11.6 Å². The van der Waals surface area contributed by atoms with Gasteiger partial charge >= 0.3 is 0 Å². The number of ether oxygens (including phenoxy) is 1. The molecule has 1 aromatic rings. The zero-order chi connectivity index (χ0) is 13.7. The van der Waals surface area contributed by atoms with Crippen LogP contribution in [0.15, 0.2) is 18.2 Å². The lowest BCUT2D eigenvalue weighted by Crippen LogP contribution is -2.24. The predicted molar refractivity (Wildman–Crippen MR) is 76.8 cm³/mol. The van der Waals surface area contributed by atoms with Crippen LogP contribution in [0.1, 0.15) is 19.4 Å². The molecule has 0 aromatic heterocycles. The molecular formula is C13H20ClN3O. The van der Waals surface area contributed by atoms with Gasteiger partial charge < -0.3 is 15.4 Å². The molecule has 0 saturated carbocycles. The van der Waals surface area contributed by atoms with Crippen LogP contribution in [0.3, 0.4) is 0 Å². The first-order valence-electron chi connectivity index (χ1n) is 5.88. The second-order valence-corrected chi connectivity index (χ2v) is 4.83. The van der Waals surface area contributed by atoms with Crippen molar-refractivity contribution in [2.24, 2.45) is 5.73 Å². The minimum Gasteiger partial charge on any atom is -0.384 e. The summed E-state index contributed by atoms with van der Waals surface area (Å²) in [4.78, 5) is 2.02. The van der Waals surface area contributed by atoms with E-state index in [2.05, 4.69) is 0 Å². The molecule has 0 bridgehead atoms. The van der Waals surface area contributed by atoms with Gasteiger partial charge in [0.25, 0.3) is 0 Å². The molecule has 0 saturated heterocycles. The number of amidine groups is 1. The van der Waals surface area contributed by atoms with E-state index in [1.807, 2.05) is 31.9 Å². The summed E-state index contributed by atoms with van der Waals surface area (Å²) in [6.07, 6.45) is 0.231. The topological polar surface area (TPSA) is 62.3 Å². The molecule has 0 aliphatic carbocycles. The van der Waals surface area contributed by atoms with Crippen LogP contribution in [0.2, 0.25) is 5.02 Å². The SMILES string of the molecule is CC(C)OCCN(C)c1ccc(C(=N)N)cc1Cl. The molecule has 100 valence electrons. The van der Waals surface area contributed by atoms with Crippen LogP contribution in [0.25, 0.3) is 0 Å². The Bertz CT molecular complexity index is 421. The third kappa shape index (κ3) is 4.20. The third-order valence-corrected chi connectivity index (χ3v) is 2.85. The Labute approximate surface area is 113 Å². The number of halogens is 1. The number of benzene rings is 1. The average Bonchev–Trinajstić information content (AvgIpc) is 2.27. The second kappa shape index (κ2) is 6.61. The maximum atomic E-state index is 7.35. The average molecular weight is 270 g/mol. The van der Waals surface area contributed by atoms with E-state index < -0.39 is 0 Å². The van der Waals surface area contributed by atoms with Crippen molar-refractivity contribution < 1.29 is 4.74 Å². The normalized spacial score (nSPS) is 10.7. The fraction of sp³-hybridized carbons (Fsp3) is 0.462. The highest BCUT2D eigenvalue weighted by Crippen LogP contribution is 2.25. The molecule has 0 aliphatic rings. The first-order chi connectivity index (χ1) is 8.41. The Hall–Kier alpha value is -1.26. The molecule has 5 heteroatoms. The molecule has 4 nitrogen and oxygen atoms in total. The molecule has 3 N–H and O–H groups in total. The first-order valence-corrected chi connectivity index (χ1v) is 6.26. The highest BCUT2D eigenvalue weighted by atomic mass is 35.5. The van der Waals surface area contributed by atoms with Gasteiger partial charge in [0.1, 0.15) is 5.84 Å². The molecule has 0 atom stereocenters. The van der Waals surface area contributed by atoms with Crippen LogP contribution in [0.4, 0.5) is 5.69 Å². The number of nitrogens with zero attached hydrogens (tertiary/aromatic N) is 1. The van der Waals surface area contributed by atoms with Crippen molar-refractivity contribution in [2.45, 2.75) is 20.0 Å². The highest BCUT2D eigenvalue weighted by molar-refractivity contribution is 6.33. The number of anilines is 1. The number of likely N-dealkylation sites (N-methyl/N-ethyl adjacent to an activating group) is 1. The maximum Gasteiger partial charge on any atom is 0.122 e. The molecule has 0 spiro atoms. The first kappa shape index (κ1) is 14.8. The second-order valence-electron chi connectivity index (χ2n) is 4.42. The van der Waals surface area contributed by atoms with E-state index >= 15 is 0 Å². The van der Waals surface area contributed by atoms with Crippen LogP contribution in [0, 0.1) is 5.41 Å². The Morgan fingerprint density at radius 2 is 2.17 bits per heavy atom. The zero-order valence-electron chi connectivity index (χ0n) is 11.0. The van der Waals surface area contributed by atoms with Crippen LogP contribution < -0.4 is 10.6 Å². The Kier molecular flexibility index (Phi) is 5.44. The lowest BCUT2D eigenvalue weighted by atomic mass is 10.2.